The van der Waals surface area contributed by atoms with Crippen LogP contribution >= 0.6 is 0 Å². The molecule has 3 aromatic rings. The molecule has 0 saturated carbocycles. The molecule has 1 aliphatic carbocycles. The summed E-state index contributed by atoms with van der Waals surface area (Å²) in [6.45, 7) is 1.79. The Labute approximate surface area is 187 Å². The fourth-order valence-electron chi connectivity index (χ4n) is 4.08. The first-order chi connectivity index (χ1) is 15.4. The molecule has 1 unspecified atom stereocenters. The maximum atomic E-state index is 13.1. The van der Waals surface area contributed by atoms with Crippen molar-refractivity contribution >= 4 is 15.7 Å². The number of sulfone groups is 1. The normalized spacial score (nSPS) is 15.8. The number of rotatable bonds is 7. The summed E-state index contributed by atoms with van der Waals surface area (Å²) in [5.41, 5.74) is 3.63. The SMILES string of the molecule is COc1ccc(-c2cc(C)no2)cc1S(=O)(=O)CCC(=O)NC1CCCc2ccccc21. The van der Waals surface area contributed by atoms with Crippen molar-refractivity contribution in [1.82, 2.24) is 10.5 Å². The Morgan fingerprint density at radius 3 is 2.78 bits per heavy atom. The molecule has 0 aliphatic heterocycles. The molecule has 1 N–H and O–H groups in total. The Morgan fingerprint density at radius 1 is 1.22 bits per heavy atom. The third-order valence-corrected chi connectivity index (χ3v) is 7.44. The molecule has 4 rings (SSSR count). The maximum absolute atomic E-state index is 13.1. The molecule has 0 radical (unpaired) electrons. The van der Waals surface area contributed by atoms with Gasteiger partial charge in [0.25, 0.3) is 0 Å². The summed E-state index contributed by atoms with van der Waals surface area (Å²) in [6.07, 6.45) is 2.71. The second kappa shape index (κ2) is 9.16. The summed E-state index contributed by atoms with van der Waals surface area (Å²) >= 11 is 0. The number of carbonyl (C=O) groups is 1. The second-order valence-corrected chi connectivity index (χ2v) is 10.1. The van der Waals surface area contributed by atoms with Gasteiger partial charge in [-0.15, -0.1) is 0 Å². The predicted octanol–water partition coefficient (Wildman–Crippen LogP) is 4.02. The van der Waals surface area contributed by atoms with Crippen LogP contribution in [-0.2, 0) is 21.1 Å². The molecule has 0 bridgehead atoms. The van der Waals surface area contributed by atoms with Crippen molar-refractivity contribution in [2.45, 2.75) is 43.5 Å². The monoisotopic (exact) mass is 454 g/mol. The lowest BCUT2D eigenvalue weighted by Gasteiger charge is -2.26. The number of aromatic nitrogens is 1. The third kappa shape index (κ3) is 4.70. The number of methoxy groups -OCH3 is 1. The van der Waals surface area contributed by atoms with Crippen LogP contribution in [0.5, 0.6) is 5.75 Å². The Hall–Kier alpha value is -3.13. The van der Waals surface area contributed by atoms with E-state index >= 15 is 0 Å². The van der Waals surface area contributed by atoms with Gasteiger partial charge in [0, 0.05) is 18.1 Å². The summed E-state index contributed by atoms with van der Waals surface area (Å²) in [4.78, 5) is 12.6. The van der Waals surface area contributed by atoms with Crippen LogP contribution in [-0.4, -0.2) is 32.3 Å². The molecule has 8 heteroatoms. The van der Waals surface area contributed by atoms with E-state index in [4.69, 9.17) is 9.26 Å². The lowest BCUT2D eigenvalue weighted by Crippen LogP contribution is -2.32. The van der Waals surface area contributed by atoms with Gasteiger partial charge in [0.15, 0.2) is 15.6 Å². The average molecular weight is 455 g/mol. The number of aryl methyl sites for hydroxylation is 2. The fraction of sp³-hybridized carbons (Fsp3) is 0.333. The number of fused-ring (bicyclic) bond motifs is 1. The Morgan fingerprint density at radius 2 is 2.03 bits per heavy atom. The minimum Gasteiger partial charge on any atom is -0.495 e. The molecule has 0 spiro atoms. The molecule has 1 heterocycles. The van der Waals surface area contributed by atoms with Crippen molar-refractivity contribution in [3.05, 3.63) is 65.4 Å². The molecular formula is C24H26N2O5S. The average Bonchev–Trinajstić information content (AvgIpc) is 3.24. The van der Waals surface area contributed by atoms with Gasteiger partial charge in [0.1, 0.15) is 10.6 Å². The van der Waals surface area contributed by atoms with Crippen molar-refractivity contribution in [2.24, 2.45) is 0 Å². The van der Waals surface area contributed by atoms with Gasteiger partial charge in [-0.05, 0) is 55.5 Å². The molecule has 168 valence electrons. The van der Waals surface area contributed by atoms with Crippen molar-refractivity contribution in [3.63, 3.8) is 0 Å². The van der Waals surface area contributed by atoms with Crippen molar-refractivity contribution in [2.75, 3.05) is 12.9 Å². The van der Waals surface area contributed by atoms with Gasteiger partial charge in [0.2, 0.25) is 5.91 Å². The van der Waals surface area contributed by atoms with Crippen LogP contribution in [0.15, 0.2) is 57.9 Å². The summed E-state index contributed by atoms with van der Waals surface area (Å²) in [6, 6.07) is 14.5. The first-order valence-corrected chi connectivity index (χ1v) is 12.2. The molecule has 1 aromatic heterocycles. The highest BCUT2D eigenvalue weighted by molar-refractivity contribution is 7.91. The lowest BCUT2D eigenvalue weighted by atomic mass is 9.88. The molecule has 7 nitrogen and oxygen atoms in total. The van der Waals surface area contributed by atoms with E-state index in [2.05, 4.69) is 16.5 Å². The van der Waals surface area contributed by atoms with Crippen molar-refractivity contribution in [1.29, 1.82) is 0 Å². The summed E-state index contributed by atoms with van der Waals surface area (Å²) in [5.74, 6) is 0.0980. The molecule has 1 aliphatic rings. The third-order valence-electron chi connectivity index (χ3n) is 5.71. The Balaban J connectivity index is 1.48. The standard InChI is InChI=1S/C24H26N2O5S/c1-16-14-22(31-26-16)18-10-11-21(30-2)23(15-18)32(28,29)13-12-24(27)25-20-9-5-7-17-6-3-4-8-19(17)20/h3-4,6,8,10-11,14-15,20H,5,7,9,12-13H2,1-2H3,(H,25,27). The highest BCUT2D eigenvalue weighted by atomic mass is 32.2. The van der Waals surface area contributed by atoms with Gasteiger partial charge in [-0.2, -0.15) is 0 Å². The van der Waals surface area contributed by atoms with E-state index in [9.17, 15) is 13.2 Å². The number of benzene rings is 2. The zero-order valence-corrected chi connectivity index (χ0v) is 18.9. The van der Waals surface area contributed by atoms with Gasteiger partial charge < -0.3 is 14.6 Å². The van der Waals surface area contributed by atoms with E-state index in [0.717, 1.165) is 24.8 Å². The molecule has 0 saturated heterocycles. The van der Waals surface area contributed by atoms with Gasteiger partial charge in [-0.3, -0.25) is 4.79 Å². The smallest absolute Gasteiger partial charge is 0.221 e. The largest absolute Gasteiger partial charge is 0.495 e. The topological polar surface area (TPSA) is 98.5 Å². The minimum absolute atomic E-state index is 0.0300. The van der Waals surface area contributed by atoms with Crippen LogP contribution in [0, 0.1) is 6.92 Å². The summed E-state index contributed by atoms with van der Waals surface area (Å²) in [5, 5.41) is 6.86. The van der Waals surface area contributed by atoms with Gasteiger partial charge in [-0.25, -0.2) is 8.42 Å². The highest BCUT2D eigenvalue weighted by Gasteiger charge is 2.25. The van der Waals surface area contributed by atoms with E-state index in [1.807, 2.05) is 18.2 Å². The van der Waals surface area contributed by atoms with Gasteiger partial charge >= 0.3 is 0 Å². The number of amides is 1. The quantitative estimate of drug-likeness (QED) is 0.579. The Bertz CT molecular complexity index is 1230. The van der Waals surface area contributed by atoms with E-state index in [1.165, 1.54) is 18.7 Å². The van der Waals surface area contributed by atoms with Crippen LogP contribution in [0.4, 0.5) is 0 Å². The lowest BCUT2D eigenvalue weighted by molar-refractivity contribution is -0.121. The predicted molar refractivity (Wildman–Crippen MR) is 120 cm³/mol. The molecule has 2 aromatic carbocycles. The number of nitrogens with one attached hydrogen (secondary N) is 1. The molecule has 32 heavy (non-hydrogen) atoms. The first-order valence-electron chi connectivity index (χ1n) is 10.6. The van der Waals surface area contributed by atoms with E-state index in [0.29, 0.717) is 17.0 Å². The van der Waals surface area contributed by atoms with Crippen molar-refractivity contribution < 1.29 is 22.5 Å². The van der Waals surface area contributed by atoms with Gasteiger partial charge in [0.05, 0.1) is 24.6 Å². The number of carbonyl (C=O) groups excluding carboxylic acids is 1. The molecular weight excluding hydrogens is 428 g/mol. The first kappa shape index (κ1) is 22.1. The summed E-state index contributed by atoms with van der Waals surface area (Å²) < 4.78 is 36.7. The van der Waals surface area contributed by atoms with Crippen LogP contribution in [0.2, 0.25) is 0 Å². The van der Waals surface area contributed by atoms with Gasteiger partial charge in [-0.1, -0.05) is 29.4 Å². The fourth-order valence-corrected chi connectivity index (χ4v) is 5.52. The zero-order valence-electron chi connectivity index (χ0n) is 18.1. The minimum atomic E-state index is -3.77. The number of nitrogens with zero attached hydrogens (tertiary/aromatic N) is 1. The molecule has 1 atom stereocenters. The van der Waals surface area contributed by atoms with Crippen LogP contribution in [0.25, 0.3) is 11.3 Å². The van der Waals surface area contributed by atoms with E-state index in [1.54, 1.807) is 25.1 Å². The Kier molecular flexibility index (Phi) is 6.32. The maximum Gasteiger partial charge on any atom is 0.221 e. The van der Waals surface area contributed by atoms with E-state index < -0.39 is 9.84 Å². The highest BCUT2D eigenvalue weighted by Crippen LogP contribution is 2.32. The molecule has 1 amide bonds. The number of hydrogen-bond acceptors (Lipinski definition) is 6. The number of ether oxygens (including phenoxy) is 1. The van der Waals surface area contributed by atoms with Crippen LogP contribution in [0.3, 0.4) is 0 Å². The van der Waals surface area contributed by atoms with Crippen LogP contribution in [0.1, 0.15) is 42.1 Å². The molecule has 0 fully saturated rings. The second-order valence-electron chi connectivity index (χ2n) is 7.98. The van der Waals surface area contributed by atoms with E-state index in [-0.39, 0.29) is 34.8 Å². The van der Waals surface area contributed by atoms with Crippen LogP contribution < -0.4 is 10.1 Å². The zero-order chi connectivity index (χ0) is 22.7. The number of hydrogen-bond donors (Lipinski definition) is 1. The summed E-state index contributed by atoms with van der Waals surface area (Å²) in [7, 11) is -2.35. The van der Waals surface area contributed by atoms with Crippen molar-refractivity contribution in [3.8, 4) is 17.1 Å².